The molecular formula is C23H28N6. The smallest absolute Gasteiger partial charge is 0.163 e. The maximum atomic E-state index is 4.73. The molecule has 6 heteroatoms. The largest absolute Gasteiger partial charge is 0.366 e. The second kappa shape index (κ2) is 8.55. The molecule has 0 saturated carbocycles. The standard InChI is InChI=1S/C23H28N6/c1-16-8-11-29(12-9-16)21-7-6-19(13-25-21)14-26-22-17(2)18(3)27-23(28-22)20-5-4-10-24-15-20/h4-7,10,13,15-16H,8-9,11-12,14H2,1-3H3,(H,26,27,28). The summed E-state index contributed by atoms with van der Waals surface area (Å²) in [5.41, 5.74) is 4.08. The predicted molar refractivity (Wildman–Crippen MR) is 117 cm³/mol. The third-order valence-corrected chi connectivity index (χ3v) is 5.69. The molecule has 0 radical (unpaired) electrons. The van der Waals surface area contributed by atoms with Crippen molar-refractivity contribution in [3.05, 3.63) is 59.7 Å². The average molecular weight is 389 g/mol. The van der Waals surface area contributed by atoms with E-state index in [0.29, 0.717) is 12.4 Å². The molecule has 3 aromatic heterocycles. The van der Waals surface area contributed by atoms with Crippen LogP contribution in [-0.2, 0) is 6.54 Å². The Morgan fingerprint density at radius 2 is 1.90 bits per heavy atom. The van der Waals surface area contributed by atoms with Gasteiger partial charge in [-0.05, 0) is 56.4 Å². The molecule has 1 N–H and O–H groups in total. The SMILES string of the molecule is Cc1nc(-c2cccnc2)nc(NCc2ccc(N3CCC(C)CC3)nc2)c1C. The zero-order chi connectivity index (χ0) is 20.2. The summed E-state index contributed by atoms with van der Waals surface area (Å²) in [6.45, 7) is 9.26. The van der Waals surface area contributed by atoms with Gasteiger partial charge in [0.15, 0.2) is 5.82 Å². The lowest BCUT2D eigenvalue weighted by molar-refractivity contribution is 0.436. The van der Waals surface area contributed by atoms with Crippen molar-refractivity contribution in [2.45, 2.75) is 40.2 Å². The first-order valence-electron chi connectivity index (χ1n) is 10.3. The van der Waals surface area contributed by atoms with E-state index in [4.69, 9.17) is 4.98 Å². The molecule has 1 saturated heterocycles. The van der Waals surface area contributed by atoms with Crippen LogP contribution < -0.4 is 10.2 Å². The Morgan fingerprint density at radius 1 is 1.07 bits per heavy atom. The molecule has 1 aliphatic rings. The first-order chi connectivity index (χ1) is 14.1. The quantitative estimate of drug-likeness (QED) is 0.699. The van der Waals surface area contributed by atoms with Gasteiger partial charge in [0.25, 0.3) is 0 Å². The number of aromatic nitrogens is 4. The van der Waals surface area contributed by atoms with E-state index in [-0.39, 0.29) is 0 Å². The van der Waals surface area contributed by atoms with Crippen molar-refractivity contribution in [1.29, 1.82) is 0 Å². The molecule has 1 aliphatic heterocycles. The number of rotatable bonds is 5. The average Bonchev–Trinajstić information content (AvgIpc) is 2.76. The minimum atomic E-state index is 0.675. The molecule has 0 aromatic carbocycles. The van der Waals surface area contributed by atoms with Crippen molar-refractivity contribution in [3.63, 3.8) is 0 Å². The molecule has 0 unspecified atom stereocenters. The second-order valence-corrected chi connectivity index (χ2v) is 7.90. The minimum absolute atomic E-state index is 0.675. The number of aryl methyl sites for hydroxylation is 1. The molecule has 0 amide bonds. The molecule has 4 heterocycles. The van der Waals surface area contributed by atoms with Crippen molar-refractivity contribution in [2.24, 2.45) is 5.92 Å². The van der Waals surface area contributed by atoms with Crippen LogP contribution in [0.1, 0.15) is 36.6 Å². The van der Waals surface area contributed by atoms with Crippen molar-refractivity contribution >= 4 is 11.6 Å². The number of piperidine rings is 1. The highest BCUT2D eigenvalue weighted by atomic mass is 15.2. The molecule has 0 atom stereocenters. The van der Waals surface area contributed by atoms with Crippen molar-refractivity contribution < 1.29 is 0 Å². The van der Waals surface area contributed by atoms with Crippen LogP contribution in [0, 0.1) is 19.8 Å². The maximum absolute atomic E-state index is 4.73. The normalized spacial score (nSPS) is 14.8. The number of hydrogen-bond donors (Lipinski definition) is 1. The number of nitrogens with one attached hydrogen (secondary N) is 1. The van der Waals surface area contributed by atoms with Crippen molar-refractivity contribution in [2.75, 3.05) is 23.3 Å². The Balaban J connectivity index is 1.45. The Kier molecular flexibility index (Phi) is 5.69. The third-order valence-electron chi connectivity index (χ3n) is 5.69. The van der Waals surface area contributed by atoms with Gasteiger partial charge in [-0.3, -0.25) is 4.98 Å². The summed E-state index contributed by atoms with van der Waals surface area (Å²) < 4.78 is 0. The number of anilines is 2. The summed E-state index contributed by atoms with van der Waals surface area (Å²) in [7, 11) is 0. The summed E-state index contributed by atoms with van der Waals surface area (Å²) in [6.07, 6.45) is 8.00. The monoisotopic (exact) mass is 388 g/mol. The van der Waals surface area contributed by atoms with Gasteiger partial charge in [0, 0.05) is 55.0 Å². The van der Waals surface area contributed by atoms with Gasteiger partial charge < -0.3 is 10.2 Å². The van der Waals surface area contributed by atoms with E-state index in [0.717, 1.165) is 53.0 Å². The van der Waals surface area contributed by atoms with Crippen LogP contribution in [0.2, 0.25) is 0 Å². The van der Waals surface area contributed by atoms with E-state index >= 15 is 0 Å². The molecule has 4 rings (SSSR count). The van der Waals surface area contributed by atoms with Crippen LogP contribution in [0.4, 0.5) is 11.6 Å². The van der Waals surface area contributed by atoms with Crippen LogP contribution >= 0.6 is 0 Å². The Labute approximate surface area is 172 Å². The van der Waals surface area contributed by atoms with Gasteiger partial charge in [-0.15, -0.1) is 0 Å². The van der Waals surface area contributed by atoms with E-state index in [2.05, 4.69) is 44.2 Å². The van der Waals surface area contributed by atoms with Gasteiger partial charge in [-0.25, -0.2) is 15.0 Å². The van der Waals surface area contributed by atoms with E-state index in [1.807, 2.05) is 32.2 Å². The van der Waals surface area contributed by atoms with Crippen LogP contribution in [-0.4, -0.2) is 33.0 Å². The zero-order valence-corrected chi connectivity index (χ0v) is 17.4. The third kappa shape index (κ3) is 4.53. The number of pyridine rings is 2. The summed E-state index contributed by atoms with van der Waals surface area (Å²) >= 11 is 0. The fourth-order valence-electron chi connectivity index (χ4n) is 3.56. The predicted octanol–water partition coefficient (Wildman–Crippen LogP) is 4.40. The van der Waals surface area contributed by atoms with Gasteiger partial charge >= 0.3 is 0 Å². The highest BCUT2D eigenvalue weighted by Gasteiger charge is 2.16. The molecule has 1 fully saturated rings. The van der Waals surface area contributed by atoms with Crippen LogP contribution in [0.5, 0.6) is 0 Å². The lowest BCUT2D eigenvalue weighted by Crippen LogP contribution is -2.33. The van der Waals surface area contributed by atoms with Crippen molar-refractivity contribution in [3.8, 4) is 11.4 Å². The highest BCUT2D eigenvalue weighted by Crippen LogP contribution is 2.23. The first-order valence-corrected chi connectivity index (χ1v) is 10.3. The minimum Gasteiger partial charge on any atom is -0.366 e. The van der Waals surface area contributed by atoms with Gasteiger partial charge in [-0.2, -0.15) is 0 Å². The fourth-order valence-corrected chi connectivity index (χ4v) is 3.56. The highest BCUT2D eigenvalue weighted by molar-refractivity contribution is 5.58. The summed E-state index contributed by atoms with van der Waals surface area (Å²) in [6, 6.07) is 8.16. The topological polar surface area (TPSA) is 66.8 Å². The van der Waals surface area contributed by atoms with Crippen LogP contribution in [0.15, 0.2) is 42.9 Å². The van der Waals surface area contributed by atoms with E-state index < -0.39 is 0 Å². The van der Waals surface area contributed by atoms with Gasteiger partial charge in [-0.1, -0.05) is 13.0 Å². The number of hydrogen-bond acceptors (Lipinski definition) is 6. The fraction of sp³-hybridized carbons (Fsp3) is 0.391. The zero-order valence-electron chi connectivity index (χ0n) is 17.4. The first kappa shape index (κ1) is 19.3. The molecule has 3 aromatic rings. The molecule has 0 spiro atoms. The van der Waals surface area contributed by atoms with Gasteiger partial charge in [0.1, 0.15) is 11.6 Å². The maximum Gasteiger partial charge on any atom is 0.163 e. The summed E-state index contributed by atoms with van der Waals surface area (Å²) in [5.74, 6) is 3.45. The van der Waals surface area contributed by atoms with Gasteiger partial charge in [0.2, 0.25) is 0 Å². The molecule has 29 heavy (non-hydrogen) atoms. The van der Waals surface area contributed by atoms with E-state index in [9.17, 15) is 0 Å². The Morgan fingerprint density at radius 3 is 2.59 bits per heavy atom. The number of nitrogens with zero attached hydrogens (tertiary/aromatic N) is 5. The van der Waals surface area contributed by atoms with Gasteiger partial charge in [0.05, 0.1) is 0 Å². The lowest BCUT2D eigenvalue weighted by Gasteiger charge is -2.31. The molecule has 0 aliphatic carbocycles. The Hall–Kier alpha value is -3.02. The van der Waals surface area contributed by atoms with Crippen LogP contribution in [0.25, 0.3) is 11.4 Å². The van der Waals surface area contributed by atoms with Crippen LogP contribution in [0.3, 0.4) is 0 Å². The van der Waals surface area contributed by atoms with E-state index in [1.54, 1.807) is 12.4 Å². The molecular weight excluding hydrogens is 360 g/mol. The molecule has 150 valence electrons. The van der Waals surface area contributed by atoms with Crippen molar-refractivity contribution in [1.82, 2.24) is 19.9 Å². The lowest BCUT2D eigenvalue weighted by atomic mass is 9.99. The molecule has 6 nitrogen and oxygen atoms in total. The molecule has 0 bridgehead atoms. The second-order valence-electron chi connectivity index (χ2n) is 7.90. The Bertz CT molecular complexity index is 947. The summed E-state index contributed by atoms with van der Waals surface area (Å²) in [4.78, 5) is 20.6. The van der Waals surface area contributed by atoms with E-state index in [1.165, 1.54) is 12.8 Å². The summed E-state index contributed by atoms with van der Waals surface area (Å²) in [5, 5.41) is 3.46.